The fraction of sp³-hybridized carbons (Fsp3) is 0.524. The molecule has 2 aromatic rings. The Kier molecular flexibility index (Phi) is 5.66. The van der Waals surface area contributed by atoms with Gasteiger partial charge in [0.1, 0.15) is 10.6 Å². The molecule has 0 saturated carbocycles. The minimum absolute atomic E-state index is 0.155. The number of benzene rings is 1. The van der Waals surface area contributed by atoms with Crippen LogP contribution in [0.1, 0.15) is 56.1 Å². The third kappa shape index (κ3) is 4.09. The number of hydrogen-bond acceptors (Lipinski definition) is 5. The molecular formula is C21H28N2O2S. The molecule has 3 rings (SSSR count). The van der Waals surface area contributed by atoms with Crippen molar-refractivity contribution >= 4 is 22.3 Å². The maximum Gasteiger partial charge on any atom is 0.186 e. The summed E-state index contributed by atoms with van der Waals surface area (Å²) in [6.07, 6.45) is 4.95. The highest BCUT2D eigenvalue weighted by atomic mass is 32.1. The van der Waals surface area contributed by atoms with Crippen molar-refractivity contribution in [3.63, 3.8) is 0 Å². The molecule has 0 amide bonds. The lowest BCUT2D eigenvalue weighted by molar-refractivity contribution is 0.0863. The van der Waals surface area contributed by atoms with Gasteiger partial charge in [0.15, 0.2) is 10.9 Å². The zero-order valence-corrected chi connectivity index (χ0v) is 17.0. The lowest BCUT2D eigenvalue weighted by atomic mass is 9.89. The van der Waals surface area contributed by atoms with Gasteiger partial charge >= 0.3 is 0 Å². The maximum atomic E-state index is 13.1. The summed E-state index contributed by atoms with van der Waals surface area (Å²) < 4.78 is 5.26. The van der Waals surface area contributed by atoms with Gasteiger partial charge in [-0.3, -0.25) is 4.79 Å². The lowest BCUT2D eigenvalue weighted by Crippen LogP contribution is -2.23. The molecule has 0 unspecified atom stereocenters. The molecule has 1 aromatic heterocycles. The van der Waals surface area contributed by atoms with Crippen LogP contribution in [0.3, 0.4) is 0 Å². The van der Waals surface area contributed by atoms with Gasteiger partial charge < -0.3 is 9.64 Å². The van der Waals surface area contributed by atoms with Gasteiger partial charge in [0.25, 0.3) is 0 Å². The van der Waals surface area contributed by atoms with E-state index >= 15 is 0 Å². The van der Waals surface area contributed by atoms with Crippen LogP contribution in [-0.4, -0.2) is 31.0 Å². The normalized spacial score (nSPS) is 15.6. The van der Waals surface area contributed by atoms with E-state index in [9.17, 15) is 4.79 Å². The highest BCUT2D eigenvalue weighted by molar-refractivity contribution is 7.18. The minimum atomic E-state index is -0.427. The number of carbonyl (C=O) groups excluding carboxylic acids is 1. The van der Waals surface area contributed by atoms with Crippen LogP contribution < -0.4 is 9.64 Å². The molecule has 1 aromatic carbocycles. The van der Waals surface area contributed by atoms with Crippen LogP contribution in [0.25, 0.3) is 11.3 Å². The number of rotatable bonds is 4. The number of ether oxygens (including phenoxy) is 1. The van der Waals surface area contributed by atoms with E-state index in [1.54, 1.807) is 18.4 Å². The molecule has 26 heavy (non-hydrogen) atoms. The van der Waals surface area contributed by atoms with E-state index in [1.807, 2.05) is 45.0 Å². The van der Waals surface area contributed by atoms with E-state index in [-0.39, 0.29) is 5.78 Å². The molecule has 0 radical (unpaired) electrons. The van der Waals surface area contributed by atoms with Crippen molar-refractivity contribution in [2.75, 3.05) is 25.1 Å². The van der Waals surface area contributed by atoms with Gasteiger partial charge in [-0.15, -0.1) is 0 Å². The number of nitrogens with zero attached hydrogens (tertiary/aromatic N) is 2. The van der Waals surface area contributed by atoms with Crippen molar-refractivity contribution in [1.82, 2.24) is 4.98 Å². The average molecular weight is 373 g/mol. The number of aromatic nitrogens is 1. The number of methoxy groups -OCH3 is 1. The second-order valence-corrected chi connectivity index (χ2v) is 8.86. The Morgan fingerprint density at radius 2 is 1.69 bits per heavy atom. The fourth-order valence-corrected chi connectivity index (χ4v) is 4.44. The third-order valence-corrected chi connectivity index (χ3v) is 5.86. The smallest absolute Gasteiger partial charge is 0.186 e. The number of thiazole rings is 1. The lowest BCUT2D eigenvalue weighted by Gasteiger charge is -2.18. The van der Waals surface area contributed by atoms with Crippen molar-refractivity contribution in [1.29, 1.82) is 0 Å². The molecule has 0 spiro atoms. The molecule has 2 heterocycles. The zero-order valence-electron chi connectivity index (χ0n) is 16.2. The molecular weight excluding hydrogens is 344 g/mol. The molecule has 140 valence electrons. The first-order valence-corrected chi connectivity index (χ1v) is 10.2. The highest BCUT2D eigenvalue weighted by Crippen LogP contribution is 2.38. The summed E-state index contributed by atoms with van der Waals surface area (Å²) in [5.41, 5.74) is 1.34. The van der Waals surface area contributed by atoms with Crippen molar-refractivity contribution < 1.29 is 9.53 Å². The number of ketones is 1. The van der Waals surface area contributed by atoms with Gasteiger partial charge in [-0.1, -0.05) is 44.9 Å². The first-order valence-electron chi connectivity index (χ1n) is 9.35. The van der Waals surface area contributed by atoms with Crippen molar-refractivity contribution in [2.45, 2.75) is 46.5 Å². The van der Waals surface area contributed by atoms with E-state index in [1.165, 1.54) is 25.7 Å². The van der Waals surface area contributed by atoms with Crippen LogP contribution in [0.5, 0.6) is 5.75 Å². The standard InChI is InChI=1S/C21H28N2O2S/c1-21(2,3)19(24)18-17(15-9-11-16(25-4)12-10-15)22-20(26-18)23-13-7-5-6-8-14-23/h9-12H,5-8,13-14H2,1-4H3. The Balaban J connectivity index is 2.03. The Hall–Kier alpha value is -1.88. The molecule has 1 fully saturated rings. The van der Waals surface area contributed by atoms with E-state index < -0.39 is 5.41 Å². The summed E-state index contributed by atoms with van der Waals surface area (Å²) in [5, 5.41) is 0.977. The summed E-state index contributed by atoms with van der Waals surface area (Å²) in [7, 11) is 1.66. The van der Waals surface area contributed by atoms with Crippen molar-refractivity contribution in [3.8, 4) is 17.0 Å². The molecule has 0 bridgehead atoms. The van der Waals surface area contributed by atoms with Gasteiger partial charge in [-0.25, -0.2) is 4.98 Å². The number of carbonyl (C=O) groups is 1. The van der Waals surface area contributed by atoms with Gasteiger partial charge in [0.2, 0.25) is 0 Å². The molecule has 4 nitrogen and oxygen atoms in total. The average Bonchev–Trinajstić information content (AvgIpc) is 2.87. The highest BCUT2D eigenvalue weighted by Gasteiger charge is 2.30. The number of anilines is 1. The topological polar surface area (TPSA) is 42.4 Å². The molecule has 1 saturated heterocycles. The maximum absolute atomic E-state index is 13.1. The van der Waals surface area contributed by atoms with Crippen LogP contribution in [0.2, 0.25) is 0 Å². The van der Waals surface area contributed by atoms with Crippen molar-refractivity contribution in [3.05, 3.63) is 29.1 Å². The molecule has 1 aliphatic heterocycles. The summed E-state index contributed by atoms with van der Waals surface area (Å²) in [6, 6.07) is 7.82. The summed E-state index contributed by atoms with van der Waals surface area (Å²) in [6.45, 7) is 7.97. The van der Waals surface area contributed by atoms with Gasteiger partial charge in [0.05, 0.1) is 12.8 Å². The Morgan fingerprint density at radius 1 is 1.08 bits per heavy atom. The van der Waals surface area contributed by atoms with Crippen LogP contribution in [-0.2, 0) is 0 Å². The monoisotopic (exact) mass is 372 g/mol. The largest absolute Gasteiger partial charge is 0.497 e. The summed E-state index contributed by atoms with van der Waals surface area (Å²) in [4.78, 5) is 21.1. The fourth-order valence-electron chi connectivity index (χ4n) is 3.15. The molecule has 5 heteroatoms. The first-order chi connectivity index (χ1) is 12.4. The van der Waals surface area contributed by atoms with Crippen LogP contribution >= 0.6 is 11.3 Å². The molecule has 0 N–H and O–H groups in total. The first kappa shape index (κ1) is 18.9. The van der Waals surface area contributed by atoms with Crippen LogP contribution in [0, 0.1) is 5.41 Å². The SMILES string of the molecule is COc1ccc(-c2nc(N3CCCCCC3)sc2C(=O)C(C)(C)C)cc1. The molecule has 0 atom stereocenters. The van der Waals surface area contributed by atoms with Gasteiger partial charge in [-0.2, -0.15) is 0 Å². The molecule has 0 aliphatic carbocycles. The third-order valence-electron chi connectivity index (χ3n) is 4.74. The van der Waals surface area contributed by atoms with E-state index in [0.717, 1.165) is 40.1 Å². The van der Waals surface area contributed by atoms with Crippen LogP contribution in [0.4, 0.5) is 5.13 Å². The van der Waals surface area contributed by atoms with Gasteiger partial charge in [-0.05, 0) is 37.1 Å². The van der Waals surface area contributed by atoms with Crippen LogP contribution in [0.15, 0.2) is 24.3 Å². The number of Topliss-reactive ketones (excluding diaryl/α,β-unsaturated/α-hetero) is 1. The quantitative estimate of drug-likeness (QED) is 0.671. The minimum Gasteiger partial charge on any atom is -0.497 e. The Morgan fingerprint density at radius 3 is 2.23 bits per heavy atom. The number of hydrogen-bond donors (Lipinski definition) is 0. The van der Waals surface area contributed by atoms with E-state index in [2.05, 4.69) is 4.90 Å². The Labute approximate surface area is 160 Å². The second kappa shape index (κ2) is 7.78. The summed E-state index contributed by atoms with van der Waals surface area (Å²) in [5.74, 6) is 0.960. The van der Waals surface area contributed by atoms with E-state index in [0.29, 0.717) is 0 Å². The predicted molar refractivity (Wildman–Crippen MR) is 109 cm³/mol. The zero-order chi connectivity index (χ0) is 18.7. The van der Waals surface area contributed by atoms with Gasteiger partial charge in [0, 0.05) is 24.1 Å². The Bertz CT molecular complexity index is 751. The van der Waals surface area contributed by atoms with Crippen molar-refractivity contribution in [2.24, 2.45) is 5.41 Å². The van der Waals surface area contributed by atoms with E-state index in [4.69, 9.17) is 9.72 Å². The summed E-state index contributed by atoms with van der Waals surface area (Å²) >= 11 is 1.55. The predicted octanol–water partition coefficient (Wildman–Crippen LogP) is 5.43. The molecule has 1 aliphatic rings. The second-order valence-electron chi connectivity index (χ2n) is 7.88.